The fraction of sp³-hybridized carbons (Fsp3) is 0.200. The number of amides is 1. The Morgan fingerprint density at radius 3 is 2.67 bits per heavy atom. The number of hydrogen-bond donors (Lipinski definition) is 2. The molecule has 0 saturated heterocycles. The number of halogens is 1. The molecule has 2 N–H and O–H groups in total. The summed E-state index contributed by atoms with van der Waals surface area (Å²) in [7, 11) is 0. The lowest BCUT2D eigenvalue weighted by Gasteiger charge is -2.13. The van der Waals surface area contributed by atoms with Crippen molar-refractivity contribution in [3.63, 3.8) is 0 Å². The van der Waals surface area contributed by atoms with Crippen molar-refractivity contribution >= 4 is 21.8 Å². The highest BCUT2D eigenvalue weighted by Gasteiger charge is 2.12. The Labute approximate surface area is 130 Å². The maximum atomic E-state index is 12.0. The van der Waals surface area contributed by atoms with Crippen LogP contribution >= 0.6 is 15.9 Å². The number of pyridine rings is 1. The zero-order valence-corrected chi connectivity index (χ0v) is 12.8. The molecule has 1 amide bonds. The van der Waals surface area contributed by atoms with Gasteiger partial charge in [0.25, 0.3) is 11.5 Å². The Morgan fingerprint density at radius 2 is 1.95 bits per heavy atom. The van der Waals surface area contributed by atoms with Crippen LogP contribution in [0.4, 0.5) is 0 Å². The number of hydrogen-bond acceptors (Lipinski definition) is 3. The second kappa shape index (κ2) is 7.19. The molecule has 0 aliphatic rings. The van der Waals surface area contributed by atoms with Gasteiger partial charge in [0.05, 0.1) is 18.2 Å². The average molecular weight is 351 g/mol. The number of benzene rings is 1. The van der Waals surface area contributed by atoms with Crippen LogP contribution in [0, 0.1) is 0 Å². The molecule has 0 aliphatic heterocycles. The van der Waals surface area contributed by atoms with Gasteiger partial charge in [0.15, 0.2) is 0 Å². The second-order valence-electron chi connectivity index (χ2n) is 4.53. The predicted octanol–water partition coefficient (Wildman–Crippen LogP) is 1.40. The molecular formula is C15H15BrN2O3. The molecule has 0 saturated carbocycles. The van der Waals surface area contributed by atoms with Crippen LogP contribution in [0.5, 0.6) is 0 Å². The standard InChI is InChI=1S/C15H15BrN2O3/c16-13-6-2-1-5-12(13)15(21)17-9-11(19)10-18-8-4-3-7-14(18)20/h1-8,11,19H,9-10H2,(H,17,21). The van der Waals surface area contributed by atoms with Gasteiger partial charge >= 0.3 is 0 Å². The van der Waals surface area contributed by atoms with Crippen molar-refractivity contribution in [2.45, 2.75) is 12.6 Å². The van der Waals surface area contributed by atoms with Crippen molar-refractivity contribution in [2.75, 3.05) is 6.54 Å². The SMILES string of the molecule is O=C(NCC(O)Cn1ccccc1=O)c1ccccc1Br. The average Bonchev–Trinajstić information content (AvgIpc) is 2.48. The molecule has 0 spiro atoms. The number of nitrogens with one attached hydrogen (secondary N) is 1. The van der Waals surface area contributed by atoms with Crippen LogP contribution in [0.15, 0.2) is 57.9 Å². The summed E-state index contributed by atoms with van der Waals surface area (Å²) in [5.74, 6) is -0.276. The van der Waals surface area contributed by atoms with E-state index in [1.165, 1.54) is 10.6 Å². The monoisotopic (exact) mass is 350 g/mol. The fourth-order valence-corrected chi connectivity index (χ4v) is 2.32. The zero-order chi connectivity index (χ0) is 15.2. The van der Waals surface area contributed by atoms with Gasteiger partial charge in [0.1, 0.15) is 0 Å². The molecule has 5 nitrogen and oxygen atoms in total. The van der Waals surface area contributed by atoms with E-state index >= 15 is 0 Å². The van der Waals surface area contributed by atoms with E-state index in [2.05, 4.69) is 21.2 Å². The van der Waals surface area contributed by atoms with Crippen LogP contribution in [-0.2, 0) is 6.54 Å². The lowest BCUT2D eigenvalue weighted by atomic mass is 10.2. The van der Waals surface area contributed by atoms with Gasteiger partial charge in [0.2, 0.25) is 0 Å². The number of rotatable bonds is 5. The molecule has 1 atom stereocenters. The number of aliphatic hydroxyl groups excluding tert-OH is 1. The number of nitrogens with zero attached hydrogens (tertiary/aromatic N) is 1. The van der Waals surface area contributed by atoms with Crippen molar-refractivity contribution < 1.29 is 9.90 Å². The molecule has 1 aromatic carbocycles. The summed E-state index contributed by atoms with van der Waals surface area (Å²) in [4.78, 5) is 23.5. The van der Waals surface area contributed by atoms with Crippen LogP contribution in [0.1, 0.15) is 10.4 Å². The van der Waals surface area contributed by atoms with Gasteiger partial charge < -0.3 is 15.0 Å². The third-order valence-corrected chi connectivity index (χ3v) is 3.61. The van der Waals surface area contributed by atoms with Gasteiger partial charge in [-0.25, -0.2) is 0 Å². The third-order valence-electron chi connectivity index (χ3n) is 2.92. The van der Waals surface area contributed by atoms with Gasteiger partial charge in [-0.2, -0.15) is 0 Å². The molecule has 2 rings (SSSR count). The molecule has 2 aromatic rings. The fourth-order valence-electron chi connectivity index (χ4n) is 1.85. The molecule has 1 heterocycles. The Balaban J connectivity index is 1.91. The molecule has 0 aliphatic carbocycles. The maximum absolute atomic E-state index is 12.0. The smallest absolute Gasteiger partial charge is 0.252 e. The van der Waals surface area contributed by atoms with E-state index in [0.717, 1.165) is 0 Å². The molecule has 110 valence electrons. The molecule has 6 heteroatoms. The first-order valence-corrected chi connectivity index (χ1v) is 7.23. The molecule has 0 radical (unpaired) electrons. The minimum atomic E-state index is -0.837. The highest BCUT2D eigenvalue weighted by atomic mass is 79.9. The first-order chi connectivity index (χ1) is 10.1. The first kappa shape index (κ1) is 15.5. The Bertz CT molecular complexity index is 684. The number of carbonyl (C=O) groups is 1. The lowest BCUT2D eigenvalue weighted by molar-refractivity contribution is 0.0902. The van der Waals surface area contributed by atoms with Crippen molar-refractivity contribution in [1.29, 1.82) is 0 Å². The molecule has 1 aromatic heterocycles. The van der Waals surface area contributed by atoms with Crippen molar-refractivity contribution in [3.05, 3.63) is 69.1 Å². The largest absolute Gasteiger partial charge is 0.389 e. The molecule has 0 fully saturated rings. The topological polar surface area (TPSA) is 71.3 Å². The van der Waals surface area contributed by atoms with Crippen molar-refractivity contribution in [3.8, 4) is 0 Å². The highest BCUT2D eigenvalue weighted by molar-refractivity contribution is 9.10. The predicted molar refractivity (Wildman–Crippen MR) is 83.2 cm³/mol. The summed E-state index contributed by atoms with van der Waals surface area (Å²) in [6.45, 7) is 0.206. The van der Waals surface area contributed by atoms with Crippen LogP contribution in [0.25, 0.3) is 0 Å². The molecule has 0 bridgehead atoms. The Morgan fingerprint density at radius 1 is 1.24 bits per heavy atom. The summed E-state index contributed by atoms with van der Waals surface area (Å²) in [6.07, 6.45) is 0.762. The molecular weight excluding hydrogens is 336 g/mol. The number of aliphatic hydroxyl groups is 1. The summed E-state index contributed by atoms with van der Waals surface area (Å²) in [5.41, 5.74) is 0.315. The van der Waals surface area contributed by atoms with E-state index in [-0.39, 0.29) is 24.6 Å². The minimum absolute atomic E-state index is 0.0709. The van der Waals surface area contributed by atoms with Crippen molar-refractivity contribution in [1.82, 2.24) is 9.88 Å². The first-order valence-electron chi connectivity index (χ1n) is 6.44. The van der Waals surface area contributed by atoms with E-state index in [1.807, 2.05) is 6.07 Å². The number of carbonyl (C=O) groups excluding carboxylic acids is 1. The van der Waals surface area contributed by atoms with Gasteiger partial charge in [-0.15, -0.1) is 0 Å². The van der Waals surface area contributed by atoms with E-state index in [9.17, 15) is 14.7 Å². The quantitative estimate of drug-likeness (QED) is 0.856. The lowest BCUT2D eigenvalue weighted by Crippen LogP contribution is -2.36. The molecule has 21 heavy (non-hydrogen) atoms. The minimum Gasteiger partial charge on any atom is -0.389 e. The summed E-state index contributed by atoms with van der Waals surface area (Å²) in [6, 6.07) is 11.8. The van der Waals surface area contributed by atoms with Crippen LogP contribution in [0.2, 0.25) is 0 Å². The Kier molecular flexibility index (Phi) is 5.30. The maximum Gasteiger partial charge on any atom is 0.252 e. The van der Waals surface area contributed by atoms with E-state index in [1.54, 1.807) is 36.5 Å². The van der Waals surface area contributed by atoms with Gasteiger partial charge in [-0.05, 0) is 34.1 Å². The van der Waals surface area contributed by atoms with Crippen LogP contribution in [-0.4, -0.2) is 28.2 Å². The molecule has 1 unspecified atom stereocenters. The third kappa shape index (κ3) is 4.27. The van der Waals surface area contributed by atoms with Gasteiger partial charge in [-0.1, -0.05) is 18.2 Å². The Hall–Kier alpha value is -1.92. The van der Waals surface area contributed by atoms with E-state index < -0.39 is 6.10 Å². The summed E-state index contributed by atoms with van der Waals surface area (Å²) < 4.78 is 2.09. The van der Waals surface area contributed by atoms with Crippen LogP contribution in [0.3, 0.4) is 0 Å². The van der Waals surface area contributed by atoms with Gasteiger partial charge in [-0.3, -0.25) is 9.59 Å². The van der Waals surface area contributed by atoms with Crippen LogP contribution < -0.4 is 10.9 Å². The second-order valence-corrected chi connectivity index (χ2v) is 5.39. The summed E-state index contributed by atoms with van der Waals surface area (Å²) >= 11 is 3.30. The van der Waals surface area contributed by atoms with Crippen molar-refractivity contribution in [2.24, 2.45) is 0 Å². The van der Waals surface area contributed by atoms with E-state index in [0.29, 0.717) is 10.0 Å². The zero-order valence-electron chi connectivity index (χ0n) is 11.2. The normalized spacial score (nSPS) is 11.9. The van der Waals surface area contributed by atoms with Gasteiger partial charge in [0, 0.05) is 23.3 Å². The van der Waals surface area contributed by atoms with E-state index in [4.69, 9.17) is 0 Å². The highest BCUT2D eigenvalue weighted by Crippen LogP contribution is 2.15. The summed E-state index contributed by atoms with van der Waals surface area (Å²) in [5, 5.41) is 12.6. The number of aromatic nitrogens is 1.